The molecule has 0 saturated heterocycles. The third kappa shape index (κ3) is 2.75. The van der Waals surface area contributed by atoms with Crippen molar-refractivity contribution in [3.63, 3.8) is 0 Å². The number of rotatable bonds is 4. The fourth-order valence-corrected chi connectivity index (χ4v) is 3.30. The van der Waals surface area contributed by atoms with Gasteiger partial charge in [-0.1, -0.05) is 28.1 Å². The van der Waals surface area contributed by atoms with E-state index in [1.165, 1.54) is 0 Å². The van der Waals surface area contributed by atoms with E-state index in [-0.39, 0.29) is 11.8 Å². The summed E-state index contributed by atoms with van der Waals surface area (Å²) < 4.78 is 6.47. The van der Waals surface area contributed by atoms with Crippen LogP contribution in [0.25, 0.3) is 0 Å². The molecule has 2 aromatic rings. The Balaban J connectivity index is 1.86. The number of likely N-dealkylation sites (N-methyl/N-ethyl adjacent to an activating group) is 1. The van der Waals surface area contributed by atoms with Crippen molar-refractivity contribution in [3.05, 3.63) is 58.1 Å². The Morgan fingerprint density at radius 3 is 2.59 bits per heavy atom. The number of amides is 1. The molecular weight excluding hydrogens is 342 g/mol. The van der Waals surface area contributed by atoms with Crippen LogP contribution in [-0.4, -0.2) is 19.6 Å². The second-order valence-electron chi connectivity index (χ2n) is 5.43. The fraction of sp³-hybridized carbons (Fsp3) is 0.278. The van der Waals surface area contributed by atoms with Crippen molar-refractivity contribution < 1.29 is 9.53 Å². The molecular formula is C18H18BrNO2. The number of hydrogen-bond acceptors (Lipinski definition) is 2. The zero-order valence-corrected chi connectivity index (χ0v) is 14.3. The second-order valence-corrected chi connectivity index (χ2v) is 6.35. The number of benzene rings is 2. The summed E-state index contributed by atoms with van der Waals surface area (Å²) in [6, 6.07) is 14.0. The van der Waals surface area contributed by atoms with E-state index in [9.17, 15) is 4.79 Å². The van der Waals surface area contributed by atoms with Crippen LogP contribution in [0.15, 0.2) is 46.9 Å². The summed E-state index contributed by atoms with van der Waals surface area (Å²) in [6.07, 6.45) is 0.707. The van der Waals surface area contributed by atoms with E-state index >= 15 is 0 Å². The predicted molar refractivity (Wildman–Crippen MR) is 91.6 cm³/mol. The van der Waals surface area contributed by atoms with Crippen LogP contribution in [0, 0.1) is 0 Å². The topological polar surface area (TPSA) is 29.5 Å². The van der Waals surface area contributed by atoms with Gasteiger partial charge in [0.05, 0.1) is 12.5 Å². The molecule has 1 heterocycles. The van der Waals surface area contributed by atoms with Crippen molar-refractivity contribution in [2.45, 2.75) is 19.3 Å². The van der Waals surface area contributed by atoms with Gasteiger partial charge in [0.1, 0.15) is 5.75 Å². The van der Waals surface area contributed by atoms with Gasteiger partial charge in [0.25, 0.3) is 0 Å². The maximum absolute atomic E-state index is 12.5. The standard InChI is InChI=1S/C18H18BrNO2/c1-3-22-14-7-4-12(5-8-14)10-16-15-11-13(19)6-9-17(15)20(2)18(16)21/h4-9,11,16H,3,10H2,1-2H3/t16-/m0/s1. The van der Waals surface area contributed by atoms with E-state index in [0.717, 1.165) is 27.0 Å². The maximum atomic E-state index is 12.5. The molecule has 4 heteroatoms. The smallest absolute Gasteiger partial charge is 0.234 e. The minimum atomic E-state index is -0.115. The minimum absolute atomic E-state index is 0.115. The Kier molecular flexibility index (Phi) is 4.21. The third-order valence-electron chi connectivity index (χ3n) is 4.03. The summed E-state index contributed by atoms with van der Waals surface area (Å²) in [6.45, 7) is 2.63. The molecule has 1 aliphatic rings. The SMILES string of the molecule is CCOc1ccc(C[C@@H]2C(=O)N(C)c3ccc(Br)cc32)cc1. The van der Waals surface area contributed by atoms with Gasteiger partial charge in [0.2, 0.25) is 5.91 Å². The third-order valence-corrected chi connectivity index (χ3v) is 4.52. The molecule has 0 saturated carbocycles. The van der Waals surface area contributed by atoms with Crippen molar-refractivity contribution in [1.29, 1.82) is 0 Å². The highest BCUT2D eigenvalue weighted by Gasteiger charge is 2.35. The van der Waals surface area contributed by atoms with Gasteiger partial charge in [0, 0.05) is 17.2 Å². The number of carbonyl (C=O) groups is 1. The van der Waals surface area contributed by atoms with E-state index in [2.05, 4.69) is 22.0 Å². The van der Waals surface area contributed by atoms with Crippen LogP contribution in [-0.2, 0) is 11.2 Å². The number of ether oxygens (including phenoxy) is 1. The monoisotopic (exact) mass is 359 g/mol. The van der Waals surface area contributed by atoms with Crippen LogP contribution in [0.5, 0.6) is 5.75 Å². The van der Waals surface area contributed by atoms with Gasteiger partial charge >= 0.3 is 0 Å². The Morgan fingerprint density at radius 2 is 1.91 bits per heavy atom. The molecule has 1 atom stereocenters. The maximum Gasteiger partial charge on any atom is 0.234 e. The lowest BCUT2D eigenvalue weighted by atomic mass is 9.93. The number of hydrogen-bond donors (Lipinski definition) is 0. The summed E-state index contributed by atoms with van der Waals surface area (Å²) in [5, 5.41) is 0. The summed E-state index contributed by atoms with van der Waals surface area (Å²) in [4.78, 5) is 14.3. The van der Waals surface area contributed by atoms with Crippen molar-refractivity contribution in [2.24, 2.45) is 0 Å². The quantitative estimate of drug-likeness (QED) is 0.820. The van der Waals surface area contributed by atoms with Crippen LogP contribution >= 0.6 is 15.9 Å². The lowest BCUT2D eigenvalue weighted by Crippen LogP contribution is -2.24. The summed E-state index contributed by atoms with van der Waals surface area (Å²) >= 11 is 3.50. The number of halogens is 1. The van der Waals surface area contributed by atoms with Crippen molar-refractivity contribution in [3.8, 4) is 5.75 Å². The zero-order valence-electron chi connectivity index (χ0n) is 12.7. The van der Waals surface area contributed by atoms with Crippen molar-refractivity contribution >= 4 is 27.5 Å². The molecule has 0 radical (unpaired) electrons. The average Bonchev–Trinajstić information content (AvgIpc) is 2.74. The molecule has 0 aliphatic carbocycles. The average molecular weight is 360 g/mol. The summed E-state index contributed by atoms with van der Waals surface area (Å²) in [7, 11) is 1.84. The lowest BCUT2D eigenvalue weighted by Gasteiger charge is -2.11. The molecule has 0 bridgehead atoms. The van der Waals surface area contributed by atoms with Gasteiger partial charge < -0.3 is 9.64 Å². The minimum Gasteiger partial charge on any atom is -0.494 e. The summed E-state index contributed by atoms with van der Waals surface area (Å²) in [5.41, 5.74) is 3.24. The molecule has 3 rings (SSSR count). The van der Waals surface area contributed by atoms with E-state index < -0.39 is 0 Å². The molecule has 2 aromatic carbocycles. The predicted octanol–water partition coefficient (Wildman–Crippen LogP) is 4.15. The van der Waals surface area contributed by atoms with Crippen molar-refractivity contribution in [2.75, 3.05) is 18.6 Å². The highest BCUT2D eigenvalue weighted by molar-refractivity contribution is 9.10. The second kappa shape index (κ2) is 6.13. The number of fused-ring (bicyclic) bond motifs is 1. The van der Waals surface area contributed by atoms with Crippen LogP contribution in [0.3, 0.4) is 0 Å². The van der Waals surface area contributed by atoms with Crippen LogP contribution in [0.4, 0.5) is 5.69 Å². The molecule has 1 amide bonds. The van der Waals surface area contributed by atoms with Gasteiger partial charge in [-0.25, -0.2) is 0 Å². The van der Waals surface area contributed by atoms with E-state index in [4.69, 9.17) is 4.74 Å². The first kappa shape index (κ1) is 15.1. The fourth-order valence-electron chi connectivity index (χ4n) is 2.92. The first-order chi connectivity index (χ1) is 10.6. The molecule has 22 heavy (non-hydrogen) atoms. The zero-order chi connectivity index (χ0) is 15.7. The van der Waals surface area contributed by atoms with Gasteiger partial charge in [-0.05, 0) is 54.8 Å². The Hall–Kier alpha value is -1.81. The van der Waals surface area contributed by atoms with Crippen molar-refractivity contribution in [1.82, 2.24) is 0 Å². The van der Waals surface area contributed by atoms with E-state index in [1.807, 2.05) is 50.4 Å². The normalized spacial score (nSPS) is 16.8. The molecule has 0 N–H and O–H groups in total. The highest BCUT2D eigenvalue weighted by atomic mass is 79.9. The summed E-state index contributed by atoms with van der Waals surface area (Å²) in [5.74, 6) is 0.904. The molecule has 0 spiro atoms. The van der Waals surface area contributed by atoms with Gasteiger partial charge in [-0.3, -0.25) is 4.79 Å². The highest BCUT2D eigenvalue weighted by Crippen LogP contribution is 2.39. The molecule has 0 fully saturated rings. The lowest BCUT2D eigenvalue weighted by molar-refractivity contribution is -0.119. The largest absolute Gasteiger partial charge is 0.494 e. The number of anilines is 1. The Morgan fingerprint density at radius 1 is 1.18 bits per heavy atom. The van der Waals surface area contributed by atoms with Gasteiger partial charge in [-0.2, -0.15) is 0 Å². The Bertz CT molecular complexity index is 697. The molecule has 3 nitrogen and oxygen atoms in total. The van der Waals surface area contributed by atoms with Crippen LogP contribution in [0.2, 0.25) is 0 Å². The van der Waals surface area contributed by atoms with Gasteiger partial charge in [0.15, 0.2) is 0 Å². The first-order valence-electron chi connectivity index (χ1n) is 7.39. The van der Waals surface area contributed by atoms with E-state index in [0.29, 0.717) is 13.0 Å². The first-order valence-corrected chi connectivity index (χ1v) is 8.18. The molecule has 0 aromatic heterocycles. The Labute approximate surface area is 139 Å². The van der Waals surface area contributed by atoms with E-state index in [1.54, 1.807) is 4.90 Å². The molecule has 0 unspecified atom stereocenters. The van der Waals surface area contributed by atoms with Crippen LogP contribution in [0.1, 0.15) is 24.0 Å². The number of carbonyl (C=O) groups excluding carboxylic acids is 1. The molecule has 1 aliphatic heterocycles. The number of nitrogens with zero attached hydrogens (tertiary/aromatic N) is 1. The molecule has 114 valence electrons. The van der Waals surface area contributed by atoms with Crippen LogP contribution < -0.4 is 9.64 Å². The van der Waals surface area contributed by atoms with Gasteiger partial charge in [-0.15, -0.1) is 0 Å².